The molecule has 3 aromatic carbocycles. The Kier molecular flexibility index (Phi) is 10.9. The average Bonchev–Trinajstić information content (AvgIpc) is 2.89. The van der Waals surface area contributed by atoms with Crippen molar-refractivity contribution in [2.75, 3.05) is 17.4 Å². The summed E-state index contributed by atoms with van der Waals surface area (Å²) in [5.41, 5.74) is 0.717. The molecule has 0 saturated carbocycles. The van der Waals surface area contributed by atoms with Gasteiger partial charge < -0.3 is 10.2 Å². The first-order valence-corrected chi connectivity index (χ1v) is 15.0. The normalized spacial score (nSPS) is 12.1. The Morgan fingerprint density at radius 3 is 2.08 bits per heavy atom. The highest BCUT2D eigenvalue weighted by atomic mass is 35.5. The molecule has 0 aliphatic carbocycles. The fraction of sp³-hybridized carbons (Fsp3) is 0.259. The van der Waals surface area contributed by atoms with Crippen LogP contribution in [0.1, 0.15) is 25.8 Å². The number of sulfonamides is 1. The third kappa shape index (κ3) is 7.80. The molecule has 2 amide bonds. The van der Waals surface area contributed by atoms with Gasteiger partial charge in [-0.2, -0.15) is 0 Å². The second-order valence-electron chi connectivity index (χ2n) is 8.54. The Labute approximate surface area is 248 Å². The molecule has 1 atom stereocenters. The summed E-state index contributed by atoms with van der Waals surface area (Å²) < 4.78 is 28.5. The molecule has 208 valence electrons. The first-order valence-electron chi connectivity index (χ1n) is 12.0. The summed E-state index contributed by atoms with van der Waals surface area (Å²) in [4.78, 5) is 28.2. The summed E-state index contributed by atoms with van der Waals surface area (Å²) in [6, 6.07) is 16.0. The molecule has 0 saturated heterocycles. The van der Waals surface area contributed by atoms with Crippen molar-refractivity contribution in [2.45, 2.75) is 37.8 Å². The van der Waals surface area contributed by atoms with E-state index in [1.807, 2.05) is 0 Å². The van der Waals surface area contributed by atoms with E-state index < -0.39 is 28.5 Å². The van der Waals surface area contributed by atoms with Crippen molar-refractivity contribution >= 4 is 73.9 Å². The van der Waals surface area contributed by atoms with Crippen LogP contribution < -0.4 is 9.62 Å². The van der Waals surface area contributed by atoms with Crippen molar-refractivity contribution in [3.05, 3.63) is 92.4 Å². The quantitative estimate of drug-likeness (QED) is 0.264. The standard InChI is InChI=1S/C27H27Cl4N3O4S/c1-3-25(27(36)32-4-2)33(16-18-10-11-23(30)24(31)12-18)26(35)17-34(21-14-19(28)13-20(29)15-21)39(37,38)22-8-6-5-7-9-22/h5-15,25H,3-4,16-17H2,1-2H3,(H,32,36)/t25-/m1/s1. The van der Waals surface area contributed by atoms with E-state index in [1.54, 1.807) is 50.2 Å². The molecule has 0 fully saturated rings. The number of amides is 2. The number of hydrogen-bond donors (Lipinski definition) is 1. The number of nitrogens with one attached hydrogen (secondary N) is 1. The fourth-order valence-electron chi connectivity index (χ4n) is 3.98. The van der Waals surface area contributed by atoms with Gasteiger partial charge in [0, 0.05) is 23.1 Å². The second-order valence-corrected chi connectivity index (χ2v) is 12.1. The van der Waals surface area contributed by atoms with Gasteiger partial charge in [0.25, 0.3) is 10.0 Å². The third-order valence-electron chi connectivity index (χ3n) is 5.82. The SMILES string of the molecule is CCNC(=O)[C@@H](CC)N(Cc1ccc(Cl)c(Cl)c1)C(=O)CN(c1cc(Cl)cc(Cl)c1)S(=O)(=O)c1ccccc1. The van der Waals surface area contributed by atoms with Crippen molar-refractivity contribution in [3.8, 4) is 0 Å². The smallest absolute Gasteiger partial charge is 0.264 e. The Balaban J connectivity index is 2.09. The van der Waals surface area contributed by atoms with E-state index >= 15 is 0 Å². The topological polar surface area (TPSA) is 86.8 Å². The van der Waals surface area contributed by atoms with Gasteiger partial charge in [-0.3, -0.25) is 13.9 Å². The molecule has 0 bridgehead atoms. The van der Waals surface area contributed by atoms with Crippen LogP contribution in [0.4, 0.5) is 5.69 Å². The second kappa shape index (κ2) is 13.7. The molecule has 0 aromatic heterocycles. The van der Waals surface area contributed by atoms with E-state index in [4.69, 9.17) is 46.4 Å². The number of rotatable bonds is 11. The van der Waals surface area contributed by atoms with Crippen LogP contribution in [0.2, 0.25) is 20.1 Å². The molecule has 39 heavy (non-hydrogen) atoms. The molecule has 0 radical (unpaired) electrons. The van der Waals surface area contributed by atoms with Crippen LogP contribution in [0.25, 0.3) is 0 Å². The van der Waals surface area contributed by atoms with Gasteiger partial charge in [-0.1, -0.05) is 77.6 Å². The summed E-state index contributed by atoms with van der Waals surface area (Å²) in [5, 5.41) is 3.76. The van der Waals surface area contributed by atoms with Crippen molar-refractivity contribution in [2.24, 2.45) is 0 Å². The number of carbonyl (C=O) groups is 2. The molecule has 1 N–H and O–H groups in total. The minimum Gasteiger partial charge on any atom is -0.355 e. The summed E-state index contributed by atoms with van der Waals surface area (Å²) in [7, 11) is -4.23. The molecule has 7 nitrogen and oxygen atoms in total. The molecule has 0 aliphatic rings. The van der Waals surface area contributed by atoms with E-state index in [1.165, 1.54) is 35.2 Å². The van der Waals surface area contributed by atoms with Gasteiger partial charge in [-0.15, -0.1) is 0 Å². The zero-order chi connectivity index (χ0) is 28.7. The monoisotopic (exact) mass is 629 g/mol. The number of carbonyl (C=O) groups excluding carboxylic acids is 2. The molecule has 0 spiro atoms. The number of anilines is 1. The first-order chi connectivity index (χ1) is 18.5. The largest absolute Gasteiger partial charge is 0.355 e. The predicted octanol–water partition coefficient (Wildman–Crippen LogP) is 6.44. The fourth-order valence-corrected chi connectivity index (χ4v) is 6.23. The molecule has 12 heteroatoms. The maximum atomic E-state index is 14.0. The minimum absolute atomic E-state index is 0.0130. The van der Waals surface area contributed by atoms with Gasteiger partial charge in [-0.05, 0) is 61.4 Å². The van der Waals surface area contributed by atoms with E-state index in [0.717, 1.165) is 4.31 Å². The Hall–Kier alpha value is -2.49. The summed E-state index contributed by atoms with van der Waals surface area (Å²) in [6.07, 6.45) is 0.285. The lowest BCUT2D eigenvalue weighted by Gasteiger charge is -2.33. The maximum Gasteiger partial charge on any atom is 0.264 e. The van der Waals surface area contributed by atoms with Crippen LogP contribution in [0.5, 0.6) is 0 Å². The number of halogens is 4. The van der Waals surface area contributed by atoms with Crippen LogP contribution in [-0.2, 0) is 26.2 Å². The average molecular weight is 631 g/mol. The summed E-state index contributed by atoms with van der Waals surface area (Å²) in [5.74, 6) is -0.980. The molecule has 0 aliphatic heterocycles. The van der Waals surface area contributed by atoms with Crippen molar-refractivity contribution < 1.29 is 18.0 Å². The van der Waals surface area contributed by atoms with E-state index in [-0.39, 0.29) is 44.5 Å². The van der Waals surface area contributed by atoms with E-state index in [0.29, 0.717) is 17.1 Å². The van der Waals surface area contributed by atoms with E-state index in [2.05, 4.69) is 5.32 Å². The van der Waals surface area contributed by atoms with Crippen molar-refractivity contribution in [1.29, 1.82) is 0 Å². The van der Waals surface area contributed by atoms with Gasteiger partial charge in [-0.25, -0.2) is 8.42 Å². The number of benzene rings is 3. The minimum atomic E-state index is -4.23. The zero-order valence-electron chi connectivity index (χ0n) is 21.2. The zero-order valence-corrected chi connectivity index (χ0v) is 25.0. The van der Waals surface area contributed by atoms with Gasteiger partial charge >= 0.3 is 0 Å². The Morgan fingerprint density at radius 2 is 1.51 bits per heavy atom. The number of likely N-dealkylation sites (N-methyl/N-ethyl adjacent to an activating group) is 1. The van der Waals surface area contributed by atoms with Crippen LogP contribution in [0, 0.1) is 0 Å². The van der Waals surface area contributed by atoms with Gasteiger partial charge in [0.15, 0.2) is 0 Å². The highest BCUT2D eigenvalue weighted by molar-refractivity contribution is 7.92. The summed E-state index contributed by atoms with van der Waals surface area (Å²) >= 11 is 24.6. The van der Waals surface area contributed by atoms with Crippen LogP contribution in [-0.4, -0.2) is 44.3 Å². The molecule has 0 unspecified atom stereocenters. The lowest BCUT2D eigenvalue weighted by atomic mass is 10.1. The van der Waals surface area contributed by atoms with Crippen molar-refractivity contribution in [3.63, 3.8) is 0 Å². The predicted molar refractivity (Wildman–Crippen MR) is 157 cm³/mol. The number of hydrogen-bond acceptors (Lipinski definition) is 4. The van der Waals surface area contributed by atoms with Gasteiger partial charge in [0.2, 0.25) is 11.8 Å². The molecule has 3 aromatic rings. The van der Waals surface area contributed by atoms with E-state index in [9.17, 15) is 18.0 Å². The summed E-state index contributed by atoms with van der Waals surface area (Å²) in [6.45, 7) is 3.27. The van der Waals surface area contributed by atoms with Crippen LogP contribution in [0.3, 0.4) is 0 Å². The van der Waals surface area contributed by atoms with Crippen molar-refractivity contribution in [1.82, 2.24) is 10.2 Å². The molecular weight excluding hydrogens is 604 g/mol. The lowest BCUT2D eigenvalue weighted by Crippen LogP contribution is -2.52. The highest BCUT2D eigenvalue weighted by Crippen LogP contribution is 2.30. The highest BCUT2D eigenvalue weighted by Gasteiger charge is 2.33. The lowest BCUT2D eigenvalue weighted by molar-refractivity contribution is -0.140. The molecular formula is C27H27Cl4N3O4S. The molecule has 0 heterocycles. The molecule has 3 rings (SSSR count). The Bertz CT molecular complexity index is 1420. The third-order valence-corrected chi connectivity index (χ3v) is 8.78. The number of nitrogens with zero attached hydrogens (tertiary/aromatic N) is 2. The van der Waals surface area contributed by atoms with Crippen LogP contribution >= 0.6 is 46.4 Å². The van der Waals surface area contributed by atoms with Crippen LogP contribution in [0.15, 0.2) is 71.6 Å². The van der Waals surface area contributed by atoms with Gasteiger partial charge in [0.1, 0.15) is 12.6 Å². The maximum absolute atomic E-state index is 14.0. The van der Waals surface area contributed by atoms with Gasteiger partial charge in [0.05, 0.1) is 20.6 Å². The first kappa shape index (κ1) is 31.0. The Morgan fingerprint density at radius 1 is 0.872 bits per heavy atom.